The predicted molar refractivity (Wildman–Crippen MR) is 76.3 cm³/mol. The summed E-state index contributed by atoms with van der Waals surface area (Å²) in [6.07, 6.45) is 0.392. The van der Waals surface area contributed by atoms with Gasteiger partial charge < -0.3 is 11.5 Å². The summed E-state index contributed by atoms with van der Waals surface area (Å²) in [4.78, 5) is 11.2. The van der Waals surface area contributed by atoms with Crippen molar-refractivity contribution in [3.8, 4) is 0 Å². The first-order valence-corrected chi connectivity index (χ1v) is 7.95. The zero-order valence-electron chi connectivity index (χ0n) is 11.9. The van der Waals surface area contributed by atoms with E-state index in [2.05, 4.69) is 0 Å². The Hall–Kier alpha value is -1.67. The van der Waals surface area contributed by atoms with Crippen LogP contribution >= 0.6 is 0 Å². The molecule has 1 unspecified atom stereocenters. The lowest BCUT2D eigenvalue weighted by Crippen LogP contribution is -2.32. The zero-order valence-corrected chi connectivity index (χ0v) is 12.7. The number of anilines is 1. The number of benzene rings is 1. The largest absolute Gasteiger partial charge is 0.396 e. The van der Waals surface area contributed by atoms with Crippen molar-refractivity contribution in [2.75, 3.05) is 18.8 Å². The number of rotatable bonds is 3. The Morgan fingerprint density at radius 1 is 1.43 bits per heavy atom. The van der Waals surface area contributed by atoms with E-state index < -0.39 is 27.7 Å². The molecule has 6 nitrogen and oxygen atoms in total. The summed E-state index contributed by atoms with van der Waals surface area (Å²) in [6, 6.07) is 1.11. The zero-order chi connectivity index (χ0) is 15.9. The number of primary amides is 1. The van der Waals surface area contributed by atoms with Crippen molar-refractivity contribution >= 4 is 21.6 Å². The highest BCUT2D eigenvalue weighted by Crippen LogP contribution is 2.32. The number of sulfonamides is 1. The number of aryl methyl sites for hydroxylation is 1. The molecule has 1 fully saturated rings. The van der Waals surface area contributed by atoms with Crippen LogP contribution in [0.4, 0.5) is 10.1 Å². The first-order chi connectivity index (χ1) is 9.66. The summed E-state index contributed by atoms with van der Waals surface area (Å²) >= 11 is 0. The standard InChI is InChI=1S/C13H18FN3O3S/c1-7-5-10(14)11(15)8(2)12(7)21(19,20)17-4-3-9(6-17)13(16)18/h5,9H,3-4,6,15H2,1-2H3,(H2,16,18). The average molecular weight is 315 g/mol. The summed E-state index contributed by atoms with van der Waals surface area (Å²) in [5.41, 5.74) is 11.1. The molecule has 8 heteroatoms. The quantitative estimate of drug-likeness (QED) is 0.793. The number of nitrogen functional groups attached to an aromatic ring is 1. The number of nitrogens with two attached hydrogens (primary N) is 2. The monoisotopic (exact) mass is 315 g/mol. The summed E-state index contributed by atoms with van der Waals surface area (Å²) in [5, 5.41) is 0. The van der Waals surface area contributed by atoms with E-state index in [1.54, 1.807) is 0 Å². The van der Waals surface area contributed by atoms with Crippen molar-refractivity contribution in [2.24, 2.45) is 11.7 Å². The van der Waals surface area contributed by atoms with E-state index in [4.69, 9.17) is 11.5 Å². The van der Waals surface area contributed by atoms with E-state index in [-0.39, 0.29) is 29.2 Å². The van der Waals surface area contributed by atoms with Crippen LogP contribution < -0.4 is 11.5 Å². The molecule has 0 aliphatic carbocycles. The van der Waals surface area contributed by atoms with Gasteiger partial charge in [-0.3, -0.25) is 4.79 Å². The van der Waals surface area contributed by atoms with Crippen molar-refractivity contribution in [3.05, 3.63) is 23.0 Å². The van der Waals surface area contributed by atoms with Gasteiger partial charge >= 0.3 is 0 Å². The molecule has 0 saturated carbocycles. The third-order valence-electron chi connectivity index (χ3n) is 3.85. The Labute approximate surface area is 123 Å². The van der Waals surface area contributed by atoms with Gasteiger partial charge in [0.2, 0.25) is 15.9 Å². The van der Waals surface area contributed by atoms with Gasteiger partial charge in [0.05, 0.1) is 16.5 Å². The maximum Gasteiger partial charge on any atom is 0.243 e. The topological polar surface area (TPSA) is 106 Å². The third kappa shape index (κ3) is 2.60. The minimum atomic E-state index is -3.83. The maximum atomic E-state index is 13.6. The molecule has 2 rings (SSSR count). The molecule has 4 N–H and O–H groups in total. The highest BCUT2D eigenvalue weighted by Gasteiger charge is 2.36. The van der Waals surface area contributed by atoms with Gasteiger partial charge in [0.25, 0.3) is 0 Å². The second-order valence-electron chi connectivity index (χ2n) is 5.29. The fourth-order valence-electron chi connectivity index (χ4n) is 2.64. The highest BCUT2D eigenvalue weighted by molar-refractivity contribution is 7.89. The fourth-order valence-corrected chi connectivity index (χ4v) is 4.58. The second-order valence-corrected chi connectivity index (χ2v) is 7.17. The lowest BCUT2D eigenvalue weighted by molar-refractivity contribution is -0.121. The Balaban J connectivity index is 2.47. The van der Waals surface area contributed by atoms with Crippen LogP contribution in [0.3, 0.4) is 0 Å². The minimum Gasteiger partial charge on any atom is -0.396 e. The molecule has 1 aromatic rings. The van der Waals surface area contributed by atoms with Gasteiger partial charge in [0, 0.05) is 13.1 Å². The van der Waals surface area contributed by atoms with Crippen LogP contribution in [0.5, 0.6) is 0 Å². The molecule has 1 aliphatic heterocycles. The number of amides is 1. The molecule has 0 spiro atoms. The maximum absolute atomic E-state index is 13.6. The molecule has 116 valence electrons. The van der Waals surface area contributed by atoms with Crippen molar-refractivity contribution < 1.29 is 17.6 Å². The Morgan fingerprint density at radius 2 is 2.05 bits per heavy atom. The van der Waals surface area contributed by atoms with Crippen LogP contribution in [-0.2, 0) is 14.8 Å². The van der Waals surface area contributed by atoms with Crippen molar-refractivity contribution in [1.82, 2.24) is 4.31 Å². The van der Waals surface area contributed by atoms with Crippen LogP contribution in [0, 0.1) is 25.6 Å². The van der Waals surface area contributed by atoms with E-state index in [1.165, 1.54) is 18.2 Å². The van der Waals surface area contributed by atoms with Gasteiger partial charge in [0.1, 0.15) is 5.82 Å². The van der Waals surface area contributed by atoms with Gasteiger partial charge in [-0.1, -0.05) is 0 Å². The first-order valence-electron chi connectivity index (χ1n) is 6.51. The van der Waals surface area contributed by atoms with Gasteiger partial charge in [-0.2, -0.15) is 4.31 Å². The Kier molecular flexibility index (Phi) is 3.94. The SMILES string of the molecule is Cc1cc(F)c(N)c(C)c1S(=O)(=O)N1CCC(C(N)=O)C1. The number of hydrogen-bond donors (Lipinski definition) is 2. The number of halogens is 1. The summed E-state index contributed by atoms with van der Waals surface area (Å²) in [7, 11) is -3.83. The smallest absolute Gasteiger partial charge is 0.243 e. The van der Waals surface area contributed by atoms with E-state index in [1.807, 2.05) is 0 Å². The number of hydrogen-bond acceptors (Lipinski definition) is 4. The molecule has 1 saturated heterocycles. The van der Waals surface area contributed by atoms with Crippen LogP contribution in [0.2, 0.25) is 0 Å². The average Bonchev–Trinajstić information content (AvgIpc) is 2.86. The lowest BCUT2D eigenvalue weighted by atomic mass is 10.1. The molecule has 0 aromatic heterocycles. The molecule has 1 atom stereocenters. The molecule has 1 heterocycles. The van der Waals surface area contributed by atoms with Gasteiger partial charge in [-0.05, 0) is 37.5 Å². The minimum absolute atomic E-state index is 0.00604. The normalized spacial score (nSPS) is 19.9. The van der Waals surface area contributed by atoms with Gasteiger partial charge in [-0.15, -0.1) is 0 Å². The molecule has 21 heavy (non-hydrogen) atoms. The fraction of sp³-hybridized carbons (Fsp3) is 0.462. The second kappa shape index (κ2) is 5.27. The molecule has 0 radical (unpaired) electrons. The van der Waals surface area contributed by atoms with Crippen LogP contribution in [0.1, 0.15) is 17.5 Å². The summed E-state index contributed by atoms with van der Waals surface area (Å²) in [5.74, 6) is -1.64. The molecular formula is C13H18FN3O3S. The number of nitrogens with zero attached hydrogens (tertiary/aromatic N) is 1. The van der Waals surface area contributed by atoms with Crippen molar-refractivity contribution in [1.29, 1.82) is 0 Å². The van der Waals surface area contributed by atoms with Gasteiger partial charge in [-0.25, -0.2) is 12.8 Å². The van der Waals surface area contributed by atoms with E-state index >= 15 is 0 Å². The molecule has 1 amide bonds. The lowest BCUT2D eigenvalue weighted by Gasteiger charge is -2.20. The highest BCUT2D eigenvalue weighted by atomic mass is 32.2. The summed E-state index contributed by atoms with van der Waals surface area (Å²) < 4.78 is 40.2. The number of carbonyl (C=O) groups excluding carboxylic acids is 1. The first kappa shape index (κ1) is 15.7. The van der Waals surface area contributed by atoms with E-state index in [9.17, 15) is 17.6 Å². The van der Waals surface area contributed by atoms with Crippen LogP contribution in [-0.4, -0.2) is 31.7 Å². The molecule has 1 aromatic carbocycles. The van der Waals surface area contributed by atoms with Crippen LogP contribution in [0.15, 0.2) is 11.0 Å². The number of carbonyl (C=O) groups is 1. The molecule has 0 bridgehead atoms. The van der Waals surface area contributed by atoms with E-state index in [0.29, 0.717) is 12.0 Å². The Morgan fingerprint density at radius 3 is 2.57 bits per heavy atom. The predicted octanol–water partition coefficient (Wildman–Crippen LogP) is 0.521. The van der Waals surface area contributed by atoms with Crippen molar-refractivity contribution in [3.63, 3.8) is 0 Å². The van der Waals surface area contributed by atoms with Crippen LogP contribution in [0.25, 0.3) is 0 Å². The third-order valence-corrected chi connectivity index (χ3v) is 6.01. The van der Waals surface area contributed by atoms with E-state index in [0.717, 1.165) is 6.07 Å². The van der Waals surface area contributed by atoms with Crippen molar-refractivity contribution in [2.45, 2.75) is 25.2 Å². The Bertz CT molecular complexity index is 703. The van der Waals surface area contributed by atoms with Gasteiger partial charge in [0.15, 0.2) is 0 Å². The molecular weight excluding hydrogens is 297 g/mol. The summed E-state index contributed by atoms with van der Waals surface area (Å²) in [6.45, 7) is 3.25. The molecule has 1 aliphatic rings.